The lowest BCUT2D eigenvalue weighted by molar-refractivity contribution is 0.579. The first-order valence-corrected chi connectivity index (χ1v) is 16.8. The molecule has 0 bridgehead atoms. The third kappa shape index (κ3) is 3.24. The van der Waals surface area contributed by atoms with E-state index in [0.717, 1.165) is 6.42 Å². The van der Waals surface area contributed by atoms with Crippen molar-refractivity contribution in [2.75, 3.05) is 0 Å². The first-order valence-electron chi connectivity index (χ1n) is 16.8. The van der Waals surface area contributed by atoms with Crippen LogP contribution >= 0.6 is 0 Å². The van der Waals surface area contributed by atoms with Crippen LogP contribution in [0.5, 0.6) is 0 Å². The minimum atomic E-state index is -0.0819. The SMILES string of the molecule is CC1(C)C2=C3C(=CC(c4c5ccccc5c(-c5ccc6ccccc6c5)c5ccccc45)C2)C(C)(C)c2cccc4ccc1c3c24. The highest BCUT2D eigenvalue weighted by Gasteiger charge is 2.49. The molecule has 7 aromatic carbocycles. The second kappa shape index (κ2) is 8.86. The first kappa shape index (κ1) is 26.3. The lowest BCUT2D eigenvalue weighted by atomic mass is 9.63. The van der Waals surface area contributed by atoms with E-state index in [2.05, 4.69) is 155 Å². The third-order valence-corrected chi connectivity index (χ3v) is 11.8. The summed E-state index contributed by atoms with van der Waals surface area (Å²) >= 11 is 0. The van der Waals surface area contributed by atoms with Crippen molar-refractivity contribution >= 4 is 48.7 Å². The summed E-state index contributed by atoms with van der Waals surface area (Å²) in [6, 6.07) is 45.8. The van der Waals surface area contributed by atoms with Gasteiger partial charge in [-0.15, -0.1) is 0 Å². The molecule has 220 valence electrons. The molecule has 0 amide bonds. The third-order valence-electron chi connectivity index (χ3n) is 11.8. The minimum absolute atomic E-state index is 0.0131. The fourth-order valence-corrected chi connectivity index (χ4v) is 9.59. The zero-order valence-corrected chi connectivity index (χ0v) is 26.9. The predicted molar refractivity (Wildman–Crippen MR) is 197 cm³/mol. The average molecular weight is 589 g/mol. The normalized spacial score (nSPS) is 19.0. The van der Waals surface area contributed by atoms with Crippen molar-refractivity contribution < 1.29 is 0 Å². The molecule has 10 rings (SSSR count). The van der Waals surface area contributed by atoms with Gasteiger partial charge in [-0.3, -0.25) is 0 Å². The molecule has 1 unspecified atom stereocenters. The molecular weight excluding hydrogens is 553 g/mol. The van der Waals surface area contributed by atoms with E-state index in [-0.39, 0.29) is 16.7 Å². The van der Waals surface area contributed by atoms with Gasteiger partial charge in [0.1, 0.15) is 0 Å². The number of hydrogen-bond acceptors (Lipinski definition) is 0. The highest BCUT2D eigenvalue weighted by molar-refractivity contribution is 6.16. The van der Waals surface area contributed by atoms with Gasteiger partial charge in [0.15, 0.2) is 0 Å². The zero-order valence-electron chi connectivity index (χ0n) is 26.9. The topological polar surface area (TPSA) is 0 Å². The summed E-state index contributed by atoms with van der Waals surface area (Å²) in [5.41, 5.74) is 13.2. The number of fused-ring (bicyclic) bond motifs is 3. The lowest BCUT2D eigenvalue weighted by Gasteiger charge is -2.40. The van der Waals surface area contributed by atoms with Crippen molar-refractivity contribution in [3.63, 3.8) is 0 Å². The summed E-state index contributed by atoms with van der Waals surface area (Å²) in [4.78, 5) is 0. The molecule has 0 fully saturated rings. The first-order chi connectivity index (χ1) is 22.3. The quantitative estimate of drug-likeness (QED) is 0.176. The molecule has 0 saturated carbocycles. The molecule has 0 N–H and O–H groups in total. The van der Waals surface area contributed by atoms with Crippen LogP contribution in [0.15, 0.2) is 139 Å². The molecule has 0 heteroatoms. The Morgan fingerprint density at radius 2 is 1.15 bits per heavy atom. The Bertz CT molecular complexity index is 2490. The molecule has 0 nitrogen and oxygen atoms in total. The van der Waals surface area contributed by atoms with Crippen LogP contribution in [0.25, 0.3) is 59.8 Å². The molecule has 1 atom stereocenters. The van der Waals surface area contributed by atoms with Crippen molar-refractivity contribution in [1.82, 2.24) is 0 Å². The molecule has 0 spiro atoms. The van der Waals surface area contributed by atoms with E-state index in [4.69, 9.17) is 0 Å². The maximum Gasteiger partial charge on any atom is 0.0156 e. The summed E-state index contributed by atoms with van der Waals surface area (Å²) in [5, 5.41) is 10.8. The van der Waals surface area contributed by atoms with E-state index >= 15 is 0 Å². The van der Waals surface area contributed by atoms with E-state index in [9.17, 15) is 0 Å². The Kier molecular flexibility index (Phi) is 5.06. The second-order valence-electron chi connectivity index (χ2n) is 14.8. The Labute approximate surface area is 270 Å². The lowest BCUT2D eigenvalue weighted by Crippen LogP contribution is -2.28. The summed E-state index contributed by atoms with van der Waals surface area (Å²) in [6.07, 6.45) is 3.73. The van der Waals surface area contributed by atoms with Crippen molar-refractivity contribution in [2.24, 2.45) is 0 Å². The monoisotopic (exact) mass is 588 g/mol. The van der Waals surface area contributed by atoms with Crippen molar-refractivity contribution in [2.45, 2.75) is 50.9 Å². The van der Waals surface area contributed by atoms with E-state index in [1.807, 2.05) is 0 Å². The molecule has 0 radical (unpaired) electrons. The summed E-state index contributed by atoms with van der Waals surface area (Å²) < 4.78 is 0. The Morgan fingerprint density at radius 3 is 1.89 bits per heavy atom. The van der Waals surface area contributed by atoms with Crippen LogP contribution < -0.4 is 0 Å². The Morgan fingerprint density at radius 1 is 0.522 bits per heavy atom. The van der Waals surface area contributed by atoms with Gasteiger partial charge >= 0.3 is 0 Å². The number of hydrogen-bond donors (Lipinski definition) is 0. The fourth-order valence-electron chi connectivity index (χ4n) is 9.59. The van der Waals surface area contributed by atoms with Crippen LogP contribution in [0.4, 0.5) is 0 Å². The predicted octanol–water partition coefficient (Wildman–Crippen LogP) is 12.4. The molecule has 7 aromatic rings. The maximum atomic E-state index is 2.68. The number of rotatable bonds is 2. The van der Waals surface area contributed by atoms with Crippen LogP contribution in [0.1, 0.15) is 62.3 Å². The molecular formula is C46H36. The van der Waals surface area contributed by atoms with Gasteiger partial charge in [-0.05, 0) is 100 Å². The van der Waals surface area contributed by atoms with Crippen molar-refractivity contribution in [3.8, 4) is 11.1 Å². The van der Waals surface area contributed by atoms with Gasteiger partial charge < -0.3 is 0 Å². The summed E-state index contributed by atoms with van der Waals surface area (Å²) in [5.74, 6) is 0.280. The second-order valence-corrected chi connectivity index (χ2v) is 14.8. The van der Waals surface area contributed by atoms with Crippen LogP contribution in [0.3, 0.4) is 0 Å². The van der Waals surface area contributed by atoms with Gasteiger partial charge in [0.25, 0.3) is 0 Å². The summed E-state index contributed by atoms with van der Waals surface area (Å²) in [6.45, 7) is 9.86. The van der Waals surface area contributed by atoms with Gasteiger partial charge in [-0.2, -0.15) is 0 Å². The number of benzene rings is 7. The van der Waals surface area contributed by atoms with Gasteiger partial charge in [-0.1, -0.05) is 155 Å². The molecule has 0 aliphatic heterocycles. The van der Waals surface area contributed by atoms with Crippen molar-refractivity contribution in [3.05, 3.63) is 161 Å². The largest absolute Gasteiger partial charge is 0.0719 e. The van der Waals surface area contributed by atoms with Crippen molar-refractivity contribution in [1.29, 1.82) is 0 Å². The van der Waals surface area contributed by atoms with Gasteiger partial charge in [0, 0.05) is 16.7 Å². The van der Waals surface area contributed by atoms with Crippen LogP contribution in [0, 0.1) is 0 Å². The van der Waals surface area contributed by atoms with Crippen LogP contribution in [-0.2, 0) is 10.8 Å². The Balaban J connectivity index is 1.26. The molecule has 0 aromatic heterocycles. The van der Waals surface area contributed by atoms with E-state index in [1.165, 1.54) is 82.0 Å². The fraction of sp³-hybridized carbons (Fsp3) is 0.174. The van der Waals surface area contributed by atoms with Gasteiger partial charge in [0.2, 0.25) is 0 Å². The van der Waals surface area contributed by atoms with Gasteiger partial charge in [-0.25, -0.2) is 0 Å². The van der Waals surface area contributed by atoms with Crippen LogP contribution in [-0.4, -0.2) is 0 Å². The average Bonchev–Trinajstić information content (AvgIpc) is 3.31. The highest BCUT2D eigenvalue weighted by Crippen LogP contribution is 2.63. The van der Waals surface area contributed by atoms with E-state index < -0.39 is 0 Å². The number of allylic oxidation sites excluding steroid dienone is 4. The standard InChI is InChI=1S/C46H36/c1-45(2)36-19-11-14-28-22-23-37-44(42(28)36)43-38(45)25-31(26-39(43)46(37,3)4)41-34-17-9-7-15-32(34)40(33-16-8-10-18-35(33)41)30-21-20-27-12-5-6-13-29(27)24-30/h5-25,31H,26H2,1-4H3. The zero-order chi connectivity index (χ0) is 30.9. The van der Waals surface area contributed by atoms with Gasteiger partial charge in [0.05, 0.1) is 0 Å². The van der Waals surface area contributed by atoms with E-state index in [1.54, 1.807) is 11.1 Å². The maximum absolute atomic E-state index is 2.68. The highest BCUT2D eigenvalue weighted by atomic mass is 14.5. The molecule has 3 aliphatic carbocycles. The molecule has 0 heterocycles. The van der Waals surface area contributed by atoms with Crippen LogP contribution in [0.2, 0.25) is 0 Å². The molecule has 3 aliphatic rings. The minimum Gasteiger partial charge on any atom is -0.0719 e. The molecule has 0 saturated heterocycles. The van der Waals surface area contributed by atoms with E-state index in [0.29, 0.717) is 0 Å². The smallest absolute Gasteiger partial charge is 0.0156 e. The molecule has 46 heavy (non-hydrogen) atoms. The summed E-state index contributed by atoms with van der Waals surface area (Å²) in [7, 11) is 0. The Hall–Kier alpha value is -4.94.